The van der Waals surface area contributed by atoms with Crippen molar-refractivity contribution in [2.24, 2.45) is 5.92 Å². The van der Waals surface area contributed by atoms with Gasteiger partial charge in [-0.15, -0.1) is 0 Å². The van der Waals surface area contributed by atoms with Crippen LogP contribution >= 0.6 is 0 Å². The average Bonchev–Trinajstić information content (AvgIpc) is 3.35. The third kappa shape index (κ3) is 5.53. The summed E-state index contributed by atoms with van der Waals surface area (Å²) in [5.41, 5.74) is 2.11. The van der Waals surface area contributed by atoms with Gasteiger partial charge in [-0.2, -0.15) is 0 Å². The number of sulfone groups is 1. The van der Waals surface area contributed by atoms with Gasteiger partial charge in [-0.3, -0.25) is 4.90 Å². The number of nitrogens with zero attached hydrogens (tertiary/aromatic N) is 1. The summed E-state index contributed by atoms with van der Waals surface area (Å²) in [4.78, 5) is 2.36. The van der Waals surface area contributed by atoms with Crippen molar-refractivity contribution in [3.05, 3.63) is 77.1 Å². The van der Waals surface area contributed by atoms with E-state index >= 15 is 4.39 Å². The van der Waals surface area contributed by atoms with Crippen LogP contribution in [0.25, 0.3) is 11.1 Å². The highest BCUT2D eigenvalue weighted by Gasteiger charge is 2.33. The number of benzene rings is 3. The fraction of sp³-hybridized carbons (Fsp3) is 0.355. The summed E-state index contributed by atoms with van der Waals surface area (Å²) in [7, 11) is -3.65. The lowest BCUT2D eigenvalue weighted by Gasteiger charge is -2.31. The van der Waals surface area contributed by atoms with Gasteiger partial charge < -0.3 is 19.7 Å². The van der Waals surface area contributed by atoms with Crippen LogP contribution in [0.15, 0.2) is 59.5 Å². The van der Waals surface area contributed by atoms with Crippen LogP contribution in [0.2, 0.25) is 0 Å². The zero-order valence-corrected chi connectivity index (χ0v) is 23.8. The van der Waals surface area contributed by atoms with Gasteiger partial charge in [0.1, 0.15) is 30.0 Å². The highest BCUT2D eigenvalue weighted by molar-refractivity contribution is 7.90. The topological polar surface area (TPSA) is 96.3 Å². The number of halogens is 1. The molecule has 2 N–H and O–H groups in total. The molecule has 0 amide bonds. The zero-order chi connectivity index (χ0) is 28.8. The van der Waals surface area contributed by atoms with Crippen molar-refractivity contribution in [2.75, 3.05) is 26.0 Å². The number of ether oxygens (including phenoxy) is 2. The molecule has 3 atom stereocenters. The normalized spacial score (nSPS) is 20.2. The second-order valence-corrected chi connectivity index (χ2v) is 12.9. The van der Waals surface area contributed by atoms with Crippen LogP contribution in [0.3, 0.4) is 0 Å². The number of allylic oxidation sites excluding steroid dienone is 1. The molecule has 212 valence electrons. The van der Waals surface area contributed by atoms with E-state index in [0.717, 1.165) is 24.9 Å². The maximum Gasteiger partial charge on any atom is 0.176 e. The second kappa shape index (κ2) is 10.8. The Labute approximate surface area is 234 Å². The summed E-state index contributed by atoms with van der Waals surface area (Å²) in [6, 6.07) is 14.5. The Morgan fingerprint density at radius 1 is 1.12 bits per heavy atom. The van der Waals surface area contributed by atoms with Crippen molar-refractivity contribution in [2.45, 2.75) is 44.2 Å². The Morgan fingerprint density at radius 3 is 2.50 bits per heavy atom. The Balaban J connectivity index is 1.51. The van der Waals surface area contributed by atoms with E-state index in [4.69, 9.17) is 9.47 Å². The summed E-state index contributed by atoms with van der Waals surface area (Å²) in [5.74, 6) is 0.0500. The number of hydrogen-bond donors (Lipinski definition) is 2. The minimum atomic E-state index is -3.65. The molecule has 1 fully saturated rings. The van der Waals surface area contributed by atoms with E-state index in [-0.39, 0.29) is 22.0 Å². The molecule has 0 aliphatic carbocycles. The predicted octanol–water partition coefficient (Wildman–Crippen LogP) is 5.81. The maximum atomic E-state index is 15.1. The largest absolute Gasteiger partial charge is 0.508 e. The summed E-state index contributed by atoms with van der Waals surface area (Å²) < 4.78 is 52.1. The number of aromatic hydroxyl groups is 2. The fourth-order valence-corrected chi connectivity index (χ4v) is 6.17. The molecule has 1 saturated heterocycles. The molecule has 9 heteroatoms. The van der Waals surface area contributed by atoms with Crippen molar-refractivity contribution < 1.29 is 32.5 Å². The van der Waals surface area contributed by atoms with Crippen LogP contribution in [0.4, 0.5) is 4.39 Å². The second-order valence-electron chi connectivity index (χ2n) is 10.9. The molecule has 5 rings (SSSR count). The third-order valence-electron chi connectivity index (χ3n) is 7.75. The molecule has 0 saturated carbocycles. The van der Waals surface area contributed by atoms with Gasteiger partial charge in [0.2, 0.25) is 0 Å². The van der Waals surface area contributed by atoms with Crippen LogP contribution in [0.1, 0.15) is 50.0 Å². The smallest absolute Gasteiger partial charge is 0.176 e. The van der Waals surface area contributed by atoms with Gasteiger partial charge in [0, 0.05) is 24.4 Å². The number of fused-ring (bicyclic) bond motifs is 1. The number of phenolic OH excluding ortho intramolecular Hbond substituents is 2. The van der Waals surface area contributed by atoms with E-state index < -0.39 is 27.5 Å². The molecule has 2 aliphatic rings. The van der Waals surface area contributed by atoms with Crippen LogP contribution in [0, 0.1) is 11.7 Å². The summed E-state index contributed by atoms with van der Waals surface area (Å²) in [6.45, 7) is 8.83. The van der Waals surface area contributed by atoms with Gasteiger partial charge in [0.25, 0.3) is 0 Å². The van der Waals surface area contributed by atoms with Crippen molar-refractivity contribution >= 4 is 21.0 Å². The fourth-order valence-electron chi connectivity index (χ4n) is 5.50. The molecule has 0 radical (unpaired) electrons. The van der Waals surface area contributed by atoms with Gasteiger partial charge in [-0.05, 0) is 91.9 Å². The van der Waals surface area contributed by atoms with E-state index in [1.165, 1.54) is 36.8 Å². The molecule has 2 aliphatic heterocycles. The third-order valence-corrected chi connectivity index (χ3v) is 8.84. The maximum absolute atomic E-state index is 15.1. The van der Waals surface area contributed by atoms with Crippen LogP contribution < -0.4 is 9.47 Å². The van der Waals surface area contributed by atoms with E-state index in [1.807, 2.05) is 24.3 Å². The highest BCUT2D eigenvalue weighted by atomic mass is 32.2. The summed E-state index contributed by atoms with van der Waals surface area (Å²) in [5, 5.41) is 20.4. The quantitative estimate of drug-likeness (QED) is 0.372. The number of phenols is 2. The van der Waals surface area contributed by atoms with E-state index in [9.17, 15) is 18.6 Å². The lowest BCUT2D eigenvalue weighted by Crippen LogP contribution is -2.35. The first kappa shape index (κ1) is 28.0. The van der Waals surface area contributed by atoms with Gasteiger partial charge in [-0.1, -0.05) is 19.1 Å². The first-order valence-electron chi connectivity index (χ1n) is 13.3. The monoisotopic (exact) mass is 567 g/mol. The molecular weight excluding hydrogens is 533 g/mol. The average molecular weight is 568 g/mol. The molecule has 1 unspecified atom stereocenters. The Kier molecular flexibility index (Phi) is 7.54. The van der Waals surface area contributed by atoms with Crippen molar-refractivity contribution in [1.29, 1.82) is 0 Å². The van der Waals surface area contributed by atoms with Crippen molar-refractivity contribution in [3.8, 4) is 23.0 Å². The molecule has 0 bridgehead atoms. The van der Waals surface area contributed by atoms with Gasteiger partial charge in [-0.25, -0.2) is 12.8 Å². The van der Waals surface area contributed by atoms with Crippen LogP contribution in [-0.4, -0.2) is 55.5 Å². The standard InChI is InChI=1S/C31H34FNO6S/c1-18-11-12-33(16-18)19(2)17-38-24-7-5-21(6-8-24)31-28(22-13-23(34)15-25(14-22)40(4,36)37)20(3)29-27(39-31)10-9-26(35)30(29)32/h5-10,13-15,18-19,31,34-35H,11-12,16-17H2,1-4H3/t18-,19+,31?/m1/s1. The number of likely N-dealkylation sites (tertiary alicyclic amines) is 1. The van der Waals surface area contributed by atoms with E-state index in [1.54, 1.807) is 6.92 Å². The van der Waals surface area contributed by atoms with Crippen molar-refractivity contribution in [3.63, 3.8) is 0 Å². The lowest BCUT2D eigenvalue weighted by molar-refractivity contribution is 0.169. The predicted molar refractivity (Wildman–Crippen MR) is 152 cm³/mol. The molecule has 3 aromatic carbocycles. The van der Waals surface area contributed by atoms with Gasteiger partial charge in [0.05, 0.1) is 10.5 Å². The van der Waals surface area contributed by atoms with Gasteiger partial charge in [0.15, 0.2) is 21.4 Å². The summed E-state index contributed by atoms with van der Waals surface area (Å²) >= 11 is 0. The number of hydrogen-bond acceptors (Lipinski definition) is 7. The molecule has 7 nitrogen and oxygen atoms in total. The molecule has 0 spiro atoms. The molecule has 40 heavy (non-hydrogen) atoms. The Hall–Kier alpha value is -3.56. The Bertz CT molecular complexity index is 1570. The van der Waals surface area contributed by atoms with E-state index in [2.05, 4.69) is 18.7 Å². The number of rotatable bonds is 7. The molecule has 3 aromatic rings. The first-order chi connectivity index (χ1) is 18.9. The van der Waals surface area contributed by atoms with Gasteiger partial charge >= 0.3 is 0 Å². The molecule has 2 heterocycles. The van der Waals surface area contributed by atoms with Crippen molar-refractivity contribution in [1.82, 2.24) is 4.90 Å². The first-order valence-corrected chi connectivity index (χ1v) is 15.2. The van der Waals surface area contributed by atoms with Crippen LogP contribution in [-0.2, 0) is 9.84 Å². The minimum Gasteiger partial charge on any atom is -0.508 e. The minimum absolute atomic E-state index is 0.0750. The van der Waals surface area contributed by atoms with Crippen LogP contribution in [0.5, 0.6) is 23.0 Å². The SMILES string of the molecule is CC1=C(c2cc(O)cc(S(C)(=O)=O)c2)C(c2ccc(OC[C@H](C)N3CC[C@@H](C)C3)cc2)Oc2ccc(O)c(F)c21. The molecular formula is C31H34FNO6S. The lowest BCUT2D eigenvalue weighted by atomic mass is 9.86. The van der Waals surface area contributed by atoms with E-state index in [0.29, 0.717) is 41.0 Å². The highest BCUT2D eigenvalue weighted by Crippen LogP contribution is 2.49. The Morgan fingerprint density at radius 2 is 1.85 bits per heavy atom. The molecule has 0 aromatic heterocycles. The summed E-state index contributed by atoms with van der Waals surface area (Å²) in [6.07, 6.45) is 1.51. The zero-order valence-electron chi connectivity index (χ0n) is 23.0.